The van der Waals surface area contributed by atoms with Crippen molar-refractivity contribution in [2.24, 2.45) is 0 Å². The standard InChI is InChI=1S/C10H11ClN2/c1-2-3-4-8-12-10-7-5-6-9(11)13-10/h5-7H,4,8H2,1H3,(H,12,13). The predicted molar refractivity (Wildman–Crippen MR) is 55.8 cm³/mol. The Balaban J connectivity index is 2.39. The summed E-state index contributed by atoms with van der Waals surface area (Å²) in [4.78, 5) is 4.08. The highest BCUT2D eigenvalue weighted by Gasteiger charge is 1.92. The van der Waals surface area contributed by atoms with Crippen molar-refractivity contribution in [2.75, 3.05) is 11.9 Å². The van der Waals surface area contributed by atoms with Crippen molar-refractivity contribution in [1.82, 2.24) is 4.98 Å². The largest absolute Gasteiger partial charge is 0.369 e. The highest BCUT2D eigenvalue weighted by Crippen LogP contribution is 2.08. The summed E-state index contributed by atoms with van der Waals surface area (Å²) < 4.78 is 0. The first-order valence-electron chi connectivity index (χ1n) is 4.09. The lowest BCUT2D eigenvalue weighted by molar-refractivity contribution is 1.07. The van der Waals surface area contributed by atoms with E-state index in [1.54, 1.807) is 6.07 Å². The second-order valence-electron chi connectivity index (χ2n) is 2.45. The van der Waals surface area contributed by atoms with Crippen molar-refractivity contribution < 1.29 is 0 Å². The molecule has 0 aliphatic rings. The number of anilines is 1. The summed E-state index contributed by atoms with van der Waals surface area (Å²) in [5.41, 5.74) is 0. The monoisotopic (exact) mass is 194 g/mol. The molecule has 3 heteroatoms. The number of hydrogen-bond acceptors (Lipinski definition) is 2. The molecule has 0 aliphatic heterocycles. The summed E-state index contributed by atoms with van der Waals surface area (Å²) in [5, 5.41) is 3.63. The van der Waals surface area contributed by atoms with Gasteiger partial charge in [-0.1, -0.05) is 17.7 Å². The van der Waals surface area contributed by atoms with E-state index < -0.39 is 0 Å². The fourth-order valence-electron chi connectivity index (χ4n) is 0.885. The number of hydrogen-bond donors (Lipinski definition) is 1. The molecule has 0 unspecified atom stereocenters. The van der Waals surface area contributed by atoms with Gasteiger partial charge in [0.15, 0.2) is 0 Å². The quantitative estimate of drug-likeness (QED) is 0.455. The third kappa shape index (κ3) is 3.82. The molecule has 0 spiro atoms. The lowest BCUT2D eigenvalue weighted by Crippen LogP contribution is -2.01. The Morgan fingerprint density at radius 3 is 3.08 bits per heavy atom. The molecule has 0 saturated heterocycles. The molecule has 0 saturated carbocycles. The van der Waals surface area contributed by atoms with E-state index in [2.05, 4.69) is 22.1 Å². The van der Waals surface area contributed by atoms with Gasteiger partial charge in [-0.3, -0.25) is 0 Å². The van der Waals surface area contributed by atoms with Crippen LogP contribution in [0.15, 0.2) is 18.2 Å². The fraction of sp³-hybridized carbons (Fsp3) is 0.300. The number of nitrogens with zero attached hydrogens (tertiary/aromatic N) is 1. The highest BCUT2D eigenvalue weighted by atomic mass is 35.5. The molecular weight excluding hydrogens is 184 g/mol. The molecule has 13 heavy (non-hydrogen) atoms. The van der Waals surface area contributed by atoms with E-state index in [1.165, 1.54) is 0 Å². The van der Waals surface area contributed by atoms with Gasteiger partial charge in [0.05, 0.1) is 0 Å². The second kappa shape index (κ2) is 5.45. The first-order valence-corrected chi connectivity index (χ1v) is 4.47. The van der Waals surface area contributed by atoms with Crippen LogP contribution in [0.1, 0.15) is 13.3 Å². The van der Waals surface area contributed by atoms with Crippen LogP contribution in [0.3, 0.4) is 0 Å². The van der Waals surface area contributed by atoms with E-state index in [-0.39, 0.29) is 0 Å². The summed E-state index contributed by atoms with van der Waals surface area (Å²) in [7, 11) is 0. The molecule has 0 fully saturated rings. The van der Waals surface area contributed by atoms with Crippen molar-refractivity contribution in [1.29, 1.82) is 0 Å². The van der Waals surface area contributed by atoms with Gasteiger partial charge in [0, 0.05) is 13.0 Å². The molecule has 68 valence electrons. The molecule has 1 aromatic heterocycles. The highest BCUT2D eigenvalue weighted by molar-refractivity contribution is 6.29. The lowest BCUT2D eigenvalue weighted by atomic mass is 10.4. The van der Waals surface area contributed by atoms with E-state index in [0.29, 0.717) is 5.15 Å². The molecule has 2 nitrogen and oxygen atoms in total. The van der Waals surface area contributed by atoms with E-state index >= 15 is 0 Å². The SMILES string of the molecule is CC#CCCNc1cccc(Cl)n1. The van der Waals surface area contributed by atoms with Gasteiger partial charge in [-0.05, 0) is 19.1 Å². The smallest absolute Gasteiger partial charge is 0.131 e. The zero-order valence-electron chi connectivity index (χ0n) is 7.47. The summed E-state index contributed by atoms with van der Waals surface area (Å²) >= 11 is 5.71. The van der Waals surface area contributed by atoms with Crippen LogP contribution in [0, 0.1) is 11.8 Å². The predicted octanol–water partition coefficient (Wildman–Crippen LogP) is 2.56. The van der Waals surface area contributed by atoms with Gasteiger partial charge in [0.1, 0.15) is 11.0 Å². The number of pyridine rings is 1. The van der Waals surface area contributed by atoms with Gasteiger partial charge in [0.2, 0.25) is 0 Å². The van der Waals surface area contributed by atoms with Crippen LogP contribution >= 0.6 is 11.6 Å². The molecule has 1 aromatic rings. The average molecular weight is 195 g/mol. The normalized spacial score (nSPS) is 8.77. The van der Waals surface area contributed by atoms with Crippen LogP contribution in [0.2, 0.25) is 5.15 Å². The van der Waals surface area contributed by atoms with Crippen LogP contribution in [-0.2, 0) is 0 Å². The van der Waals surface area contributed by atoms with Gasteiger partial charge in [0.25, 0.3) is 0 Å². The molecule has 0 bridgehead atoms. The average Bonchev–Trinajstić information content (AvgIpc) is 2.13. The van der Waals surface area contributed by atoms with Gasteiger partial charge in [-0.15, -0.1) is 11.8 Å². The Bertz CT molecular complexity index is 325. The van der Waals surface area contributed by atoms with Crippen molar-refractivity contribution in [3.8, 4) is 11.8 Å². The number of halogens is 1. The van der Waals surface area contributed by atoms with Crippen LogP contribution < -0.4 is 5.32 Å². The lowest BCUT2D eigenvalue weighted by Gasteiger charge is -2.01. The maximum atomic E-state index is 5.71. The second-order valence-corrected chi connectivity index (χ2v) is 2.84. The third-order valence-corrected chi connectivity index (χ3v) is 1.66. The summed E-state index contributed by atoms with van der Waals surface area (Å²) in [5.74, 6) is 6.59. The van der Waals surface area contributed by atoms with Crippen molar-refractivity contribution in [2.45, 2.75) is 13.3 Å². The topological polar surface area (TPSA) is 24.9 Å². The maximum absolute atomic E-state index is 5.71. The van der Waals surface area contributed by atoms with E-state index in [9.17, 15) is 0 Å². The molecule has 0 amide bonds. The molecule has 0 atom stereocenters. The Morgan fingerprint density at radius 2 is 2.38 bits per heavy atom. The van der Waals surface area contributed by atoms with Gasteiger partial charge < -0.3 is 5.32 Å². The van der Waals surface area contributed by atoms with Crippen LogP contribution in [-0.4, -0.2) is 11.5 Å². The minimum absolute atomic E-state index is 0.506. The molecule has 0 aromatic carbocycles. The molecule has 0 aliphatic carbocycles. The molecule has 0 radical (unpaired) electrons. The van der Waals surface area contributed by atoms with Crippen molar-refractivity contribution in [3.05, 3.63) is 23.4 Å². The molecule has 1 rings (SSSR count). The van der Waals surface area contributed by atoms with Crippen LogP contribution in [0.5, 0.6) is 0 Å². The first-order chi connectivity index (χ1) is 6.33. The van der Waals surface area contributed by atoms with E-state index in [0.717, 1.165) is 18.8 Å². The van der Waals surface area contributed by atoms with Crippen LogP contribution in [0.25, 0.3) is 0 Å². The fourth-order valence-corrected chi connectivity index (χ4v) is 1.05. The Kier molecular flexibility index (Phi) is 4.14. The molecule has 1 heterocycles. The molecular formula is C10H11ClN2. The van der Waals surface area contributed by atoms with E-state index in [1.807, 2.05) is 19.1 Å². The van der Waals surface area contributed by atoms with Crippen molar-refractivity contribution >= 4 is 17.4 Å². The van der Waals surface area contributed by atoms with E-state index in [4.69, 9.17) is 11.6 Å². The van der Waals surface area contributed by atoms with Gasteiger partial charge in [-0.2, -0.15) is 0 Å². The number of aromatic nitrogens is 1. The van der Waals surface area contributed by atoms with Gasteiger partial charge in [-0.25, -0.2) is 4.98 Å². The minimum Gasteiger partial charge on any atom is -0.369 e. The summed E-state index contributed by atoms with van der Waals surface area (Å²) in [6.45, 7) is 2.63. The Morgan fingerprint density at radius 1 is 1.54 bits per heavy atom. The zero-order chi connectivity index (χ0) is 9.52. The Hall–Kier alpha value is -1.20. The summed E-state index contributed by atoms with van der Waals surface area (Å²) in [6, 6.07) is 5.49. The minimum atomic E-state index is 0.506. The van der Waals surface area contributed by atoms with Crippen LogP contribution in [0.4, 0.5) is 5.82 Å². The Labute approximate surface area is 83.3 Å². The maximum Gasteiger partial charge on any atom is 0.131 e. The zero-order valence-corrected chi connectivity index (χ0v) is 8.23. The van der Waals surface area contributed by atoms with Gasteiger partial charge >= 0.3 is 0 Å². The number of rotatable bonds is 3. The third-order valence-electron chi connectivity index (χ3n) is 1.45. The molecule has 1 N–H and O–H groups in total. The number of nitrogens with one attached hydrogen (secondary N) is 1. The van der Waals surface area contributed by atoms with Crippen molar-refractivity contribution in [3.63, 3.8) is 0 Å². The first kappa shape index (κ1) is 9.88. The summed E-state index contributed by atoms with van der Waals surface area (Å²) in [6.07, 6.45) is 0.824.